The number of fused-ring (bicyclic) bond motifs is 2. The summed E-state index contributed by atoms with van der Waals surface area (Å²) in [5.41, 5.74) is 1.77. The number of carbonyl (C=O) groups excluding carboxylic acids is 1. The van der Waals surface area contributed by atoms with E-state index in [1.807, 2.05) is 37.2 Å². The highest BCUT2D eigenvalue weighted by Gasteiger charge is 2.34. The normalized spacial score (nSPS) is 24.5. The second-order valence-electron chi connectivity index (χ2n) is 6.78. The van der Waals surface area contributed by atoms with Crippen LogP contribution in [0.2, 0.25) is 5.02 Å². The van der Waals surface area contributed by atoms with Crippen LogP contribution in [0.4, 0.5) is 11.4 Å². The summed E-state index contributed by atoms with van der Waals surface area (Å²) in [7, 11) is 3.92. The Labute approximate surface area is 161 Å². The minimum absolute atomic E-state index is 0. The van der Waals surface area contributed by atoms with Gasteiger partial charge in [-0.05, 0) is 49.8 Å². The van der Waals surface area contributed by atoms with Crippen LogP contribution in [0.1, 0.15) is 32.1 Å². The van der Waals surface area contributed by atoms with Crippen molar-refractivity contribution in [3.05, 3.63) is 23.2 Å². The first-order valence-corrected chi connectivity index (χ1v) is 8.42. The van der Waals surface area contributed by atoms with Crippen LogP contribution in [-0.2, 0) is 4.79 Å². The molecule has 0 radical (unpaired) electrons. The Morgan fingerprint density at radius 3 is 2.46 bits per heavy atom. The van der Waals surface area contributed by atoms with Gasteiger partial charge in [0.1, 0.15) is 0 Å². The Kier molecular flexibility index (Phi) is 8.13. The molecule has 2 bridgehead atoms. The van der Waals surface area contributed by atoms with Crippen molar-refractivity contribution >= 4 is 53.7 Å². The SMILES string of the molecule is CN(C)c1ccc(Cl)cc1NC(=O)CC1CC2CCC(C1)N2.Cl.Cl. The Hall–Kier alpha value is -0.680. The number of rotatable bonds is 4. The second-order valence-corrected chi connectivity index (χ2v) is 7.22. The predicted molar refractivity (Wildman–Crippen MR) is 106 cm³/mol. The first-order valence-electron chi connectivity index (χ1n) is 8.04. The lowest BCUT2D eigenvalue weighted by molar-refractivity contribution is -0.117. The zero-order valence-corrected chi connectivity index (χ0v) is 16.4. The molecule has 1 aromatic carbocycles. The lowest BCUT2D eigenvalue weighted by Crippen LogP contribution is -2.39. The fourth-order valence-electron chi connectivity index (χ4n) is 3.80. The Balaban J connectivity index is 0.00000144. The van der Waals surface area contributed by atoms with Crippen LogP contribution in [-0.4, -0.2) is 32.1 Å². The molecule has 2 unspecified atom stereocenters. The van der Waals surface area contributed by atoms with Gasteiger partial charge in [-0.2, -0.15) is 0 Å². The van der Waals surface area contributed by atoms with E-state index in [0.717, 1.165) is 24.2 Å². The highest BCUT2D eigenvalue weighted by Crippen LogP contribution is 2.33. The molecule has 2 saturated heterocycles. The van der Waals surface area contributed by atoms with Crippen molar-refractivity contribution in [1.82, 2.24) is 5.32 Å². The molecule has 0 aromatic heterocycles. The molecule has 1 aromatic rings. The summed E-state index contributed by atoms with van der Waals surface area (Å²) in [6.07, 6.45) is 5.39. The van der Waals surface area contributed by atoms with Crippen molar-refractivity contribution in [2.24, 2.45) is 5.92 Å². The second kappa shape index (κ2) is 9.14. The number of benzene rings is 1. The smallest absolute Gasteiger partial charge is 0.224 e. The molecule has 4 nitrogen and oxygen atoms in total. The fraction of sp³-hybridized carbons (Fsp3) is 0.588. The first kappa shape index (κ1) is 21.4. The van der Waals surface area contributed by atoms with E-state index in [1.54, 1.807) is 0 Å². The number of hydrogen-bond acceptors (Lipinski definition) is 3. The molecule has 2 N–H and O–H groups in total. The summed E-state index contributed by atoms with van der Waals surface area (Å²) in [4.78, 5) is 14.4. The maximum atomic E-state index is 12.4. The third kappa shape index (κ3) is 5.16. The van der Waals surface area contributed by atoms with E-state index in [1.165, 1.54) is 12.8 Å². The molecule has 1 amide bonds. The van der Waals surface area contributed by atoms with Crippen LogP contribution in [0.3, 0.4) is 0 Å². The zero-order valence-electron chi connectivity index (χ0n) is 14.0. The van der Waals surface area contributed by atoms with Crippen LogP contribution >= 0.6 is 36.4 Å². The largest absolute Gasteiger partial charge is 0.376 e. The van der Waals surface area contributed by atoms with E-state index in [9.17, 15) is 4.79 Å². The molecule has 0 spiro atoms. The van der Waals surface area contributed by atoms with Crippen molar-refractivity contribution in [3.8, 4) is 0 Å². The topological polar surface area (TPSA) is 44.4 Å². The molecule has 7 heteroatoms. The van der Waals surface area contributed by atoms with E-state index < -0.39 is 0 Å². The lowest BCUT2D eigenvalue weighted by atomic mass is 9.89. The zero-order chi connectivity index (χ0) is 15.7. The molecular weight excluding hydrogens is 369 g/mol. The van der Waals surface area contributed by atoms with Crippen molar-refractivity contribution < 1.29 is 4.79 Å². The maximum Gasteiger partial charge on any atom is 0.224 e. The van der Waals surface area contributed by atoms with E-state index in [0.29, 0.717) is 29.4 Å². The van der Waals surface area contributed by atoms with Crippen molar-refractivity contribution in [3.63, 3.8) is 0 Å². The van der Waals surface area contributed by atoms with Gasteiger partial charge in [-0.25, -0.2) is 0 Å². The number of nitrogens with one attached hydrogen (secondary N) is 2. The van der Waals surface area contributed by atoms with E-state index in [-0.39, 0.29) is 30.7 Å². The van der Waals surface area contributed by atoms with E-state index in [2.05, 4.69) is 10.6 Å². The summed E-state index contributed by atoms with van der Waals surface area (Å²) in [5.74, 6) is 0.595. The number of carbonyl (C=O) groups is 1. The summed E-state index contributed by atoms with van der Waals surface area (Å²) in [6.45, 7) is 0. The van der Waals surface area contributed by atoms with Crippen molar-refractivity contribution in [2.75, 3.05) is 24.3 Å². The molecule has 0 aliphatic carbocycles. The molecule has 2 aliphatic rings. The van der Waals surface area contributed by atoms with Gasteiger partial charge in [-0.1, -0.05) is 11.6 Å². The number of halogens is 3. The van der Waals surface area contributed by atoms with Gasteiger partial charge in [0.2, 0.25) is 5.91 Å². The van der Waals surface area contributed by atoms with Crippen molar-refractivity contribution in [2.45, 2.75) is 44.2 Å². The number of hydrogen-bond donors (Lipinski definition) is 2. The van der Waals surface area contributed by atoms with Crippen LogP contribution in [0.5, 0.6) is 0 Å². The van der Waals surface area contributed by atoms with Gasteiger partial charge >= 0.3 is 0 Å². The molecular formula is C17H26Cl3N3O. The van der Waals surface area contributed by atoms with Gasteiger partial charge in [0.25, 0.3) is 0 Å². The number of nitrogens with zero attached hydrogens (tertiary/aromatic N) is 1. The van der Waals surface area contributed by atoms with Crippen LogP contribution in [0.25, 0.3) is 0 Å². The van der Waals surface area contributed by atoms with Gasteiger partial charge in [0.05, 0.1) is 11.4 Å². The fourth-order valence-corrected chi connectivity index (χ4v) is 3.98. The number of anilines is 2. The summed E-state index contributed by atoms with van der Waals surface area (Å²) in [6, 6.07) is 6.85. The molecule has 0 saturated carbocycles. The summed E-state index contributed by atoms with van der Waals surface area (Å²) >= 11 is 6.07. The van der Waals surface area contributed by atoms with Crippen LogP contribution < -0.4 is 15.5 Å². The van der Waals surface area contributed by atoms with Crippen LogP contribution in [0, 0.1) is 5.92 Å². The standard InChI is InChI=1S/C17H24ClN3O.2ClH/c1-21(2)16-6-3-12(18)10-15(16)20-17(22)9-11-7-13-4-5-14(8-11)19-13;;/h3,6,10-11,13-14,19H,4-5,7-9H2,1-2H3,(H,20,22);2*1H. The van der Waals surface area contributed by atoms with E-state index in [4.69, 9.17) is 11.6 Å². The van der Waals surface area contributed by atoms with Gasteiger partial charge in [0, 0.05) is 37.6 Å². The third-order valence-corrected chi connectivity index (χ3v) is 4.99. The monoisotopic (exact) mass is 393 g/mol. The van der Waals surface area contributed by atoms with Crippen LogP contribution in [0.15, 0.2) is 18.2 Å². The van der Waals surface area contributed by atoms with Gasteiger partial charge in [-0.3, -0.25) is 4.79 Å². The minimum atomic E-state index is 0. The Bertz CT molecular complexity index is 556. The molecule has 136 valence electrons. The molecule has 24 heavy (non-hydrogen) atoms. The first-order chi connectivity index (χ1) is 10.5. The number of amides is 1. The highest BCUT2D eigenvalue weighted by atomic mass is 35.5. The minimum Gasteiger partial charge on any atom is -0.376 e. The summed E-state index contributed by atoms with van der Waals surface area (Å²) in [5, 5.41) is 7.30. The molecule has 2 fully saturated rings. The third-order valence-electron chi connectivity index (χ3n) is 4.76. The maximum absolute atomic E-state index is 12.4. The lowest BCUT2D eigenvalue weighted by Gasteiger charge is -2.28. The Morgan fingerprint density at radius 2 is 1.88 bits per heavy atom. The average molecular weight is 395 g/mol. The van der Waals surface area contributed by atoms with E-state index >= 15 is 0 Å². The molecule has 2 atom stereocenters. The highest BCUT2D eigenvalue weighted by molar-refractivity contribution is 6.31. The van der Waals surface area contributed by atoms with Crippen molar-refractivity contribution in [1.29, 1.82) is 0 Å². The molecule has 2 heterocycles. The van der Waals surface area contributed by atoms with Gasteiger partial charge in [0.15, 0.2) is 0 Å². The average Bonchev–Trinajstić information content (AvgIpc) is 2.77. The predicted octanol–water partition coefficient (Wildman–Crippen LogP) is 4.11. The quantitative estimate of drug-likeness (QED) is 0.808. The summed E-state index contributed by atoms with van der Waals surface area (Å²) < 4.78 is 0. The number of piperidine rings is 1. The van der Waals surface area contributed by atoms with Gasteiger partial charge in [-0.15, -0.1) is 24.8 Å². The molecule has 3 rings (SSSR count). The Morgan fingerprint density at radius 1 is 1.25 bits per heavy atom. The molecule has 2 aliphatic heterocycles. The van der Waals surface area contributed by atoms with Gasteiger partial charge < -0.3 is 15.5 Å².